The van der Waals surface area contributed by atoms with Crippen molar-refractivity contribution in [1.82, 2.24) is 9.78 Å². The molecular formula is C14H16N4O3. The van der Waals surface area contributed by atoms with Gasteiger partial charge in [0.2, 0.25) is 0 Å². The molecular weight excluding hydrogens is 272 g/mol. The number of aliphatic imine (C=N–C) groups is 1. The van der Waals surface area contributed by atoms with Gasteiger partial charge >= 0.3 is 0 Å². The van der Waals surface area contributed by atoms with Crippen LogP contribution in [0.1, 0.15) is 24.6 Å². The summed E-state index contributed by atoms with van der Waals surface area (Å²) >= 11 is 0. The first kappa shape index (κ1) is 14.7. The highest BCUT2D eigenvalue weighted by molar-refractivity contribution is 5.80. The lowest BCUT2D eigenvalue weighted by Crippen LogP contribution is -2.17. The average Bonchev–Trinajstić information content (AvgIpc) is 2.75. The van der Waals surface area contributed by atoms with Gasteiger partial charge in [0.15, 0.2) is 0 Å². The Kier molecular flexibility index (Phi) is 4.32. The minimum Gasteiger partial charge on any atom is -0.295 e. The van der Waals surface area contributed by atoms with Crippen LogP contribution >= 0.6 is 0 Å². The molecule has 2 rings (SSSR count). The van der Waals surface area contributed by atoms with E-state index in [4.69, 9.17) is 0 Å². The quantitative estimate of drug-likeness (QED) is 0.519. The predicted molar refractivity (Wildman–Crippen MR) is 80.5 cm³/mol. The minimum atomic E-state index is -0.477. The van der Waals surface area contributed by atoms with Crippen LogP contribution in [0, 0.1) is 17.0 Å². The first-order chi connectivity index (χ1) is 10.0. The molecule has 110 valence electrons. The second-order valence-corrected chi connectivity index (χ2v) is 4.60. The van der Waals surface area contributed by atoms with Crippen LogP contribution in [0.5, 0.6) is 0 Å². The standard InChI is InChI=1S/C14H16N4O3/c1-3-8-15-9-13-10(2)16-17(14(13)19)11-4-6-12(7-5-11)18(20)21/h4-7,9,16H,3,8H2,1-2H3. The third-order valence-corrected chi connectivity index (χ3v) is 3.01. The van der Waals surface area contributed by atoms with Gasteiger partial charge in [-0.1, -0.05) is 6.92 Å². The van der Waals surface area contributed by atoms with E-state index in [0.717, 1.165) is 6.42 Å². The Morgan fingerprint density at radius 3 is 2.62 bits per heavy atom. The molecule has 0 aliphatic carbocycles. The third-order valence-electron chi connectivity index (χ3n) is 3.01. The lowest BCUT2D eigenvalue weighted by molar-refractivity contribution is -0.384. The molecule has 0 amide bonds. The van der Waals surface area contributed by atoms with Crippen molar-refractivity contribution in [3.63, 3.8) is 0 Å². The van der Waals surface area contributed by atoms with Crippen LogP contribution in [-0.4, -0.2) is 27.5 Å². The van der Waals surface area contributed by atoms with Crippen LogP contribution in [0.4, 0.5) is 5.69 Å². The summed E-state index contributed by atoms with van der Waals surface area (Å²) in [6.45, 7) is 4.47. The summed E-state index contributed by atoms with van der Waals surface area (Å²) in [6, 6.07) is 5.79. The molecule has 1 aromatic carbocycles. The van der Waals surface area contributed by atoms with Crippen LogP contribution in [0.25, 0.3) is 5.69 Å². The molecule has 0 aliphatic rings. The lowest BCUT2D eigenvalue weighted by Gasteiger charge is -2.00. The van der Waals surface area contributed by atoms with Crippen molar-refractivity contribution in [1.29, 1.82) is 0 Å². The van der Waals surface area contributed by atoms with Gasteiger partial charge < -0.3 is 0 Å². The average molecular weight is 288 g/mol. The fourth-order valence-corrected chi connectivity index (χ4v) is 1.90. The van der Waals surface area contributed by atoms with Gasteiger partial charge in [0, 0.05) is 30.6 Å². The van der Waals surface area contributed by atoms with Gasteiger partial charge in [0.05, 0.1) is 16.2 Å². The van der Waals surface area contributed by atoms with E-state index in [1.807, 2.05) is 6.92 Å². The van der Waals surface area contributed by atoms with Crippen LogP contribution < -0.4 is 5.56 Å². The zero-order valence-corrected chi connectivity index (χ0v) is 11.9. The van der Waals surface area contributed by atoms with Gasteiger partial charge in [0.25, 0.3) is 11.2 Å². The number of hydrogen-bond donors (Lipinski definition) is 1. The number of aromatic nitrogens is 2. The molecule has 7 nitrogen and oxygen atoms in total. The molecule has 1 N–H and O–H groups in total. The number of aromatic amines is 1. The zero-order valence-electron chi connectivity index (χ0n) is 11.9. The number of nitro groups is 1. The Hall–Kier alpha value is -2.70. The number of nitro benzene ring substituents is 1. The second kappa shape index (κ2) is 6.17. The summed E-state index contributed by atoms with van der Waals surface area (Å²) in [7, 11) is 0. The van der Waals surface area contributed by atoms with E-state index in [9.17, 15) is 14.9 Å². The lowest BCUT2D eigenvalue weighted by atomic mass is 10.2. The minimum absolute atomic E-state index is 0.0141. The number of benzene rings is 1. The summed E-state index contributed by atoms with van der Waals surface area (Å²) in [6.07, 6.45) is 2.48. The second-order valence-electron chi connectivity index (χ2n) is 4.60. The number of H-pyrrole nitrogens is 1. The number of nitrogens with one attached hydrogen (secondary N) is 1. The first-order valence-corrected chi connectivity index (χ1v) is 6.61. The van der Waals surface area contributed by atoms with Crippen molar-refractivity contribution >= 4 is 11.9 Å². The van der Waals surface area contributed by atoms with Gasteiger partial charge in [-0.2, -0.15) is 0 Å². The van der Waals surface area contributed by atoms with Crippen molar-refractivity contribution in [3.8, 4) is 5.69 Å². The molecule has 7 heteroatoms. The number of non-ortho nitro benzene ring substituents is 1. The molecule has 0 fully saturated rings. The third kappa shape index (κ3) is 3.07. The SMILES string of the molecule is CCCN=Cc1c(C)[nH]n(-c2ccc([N+](=O)[O-])cc2)c1=O. The summed E-state index contributed by atoms with van der Waals surface area (Å²) in [5, 5.41) is 13.6. The zero-order chi connectivity index (χ0) is 15.4. The molecule has 1 heterocycles. The fraction of sp³-hybridized carbons (Fsp3) is 0.286. The summed E-state index contributed by atoms with van der Waals surface area (Å²) in [5.41, 5.74) is 1.52. The molecule has 0 unspecified atom stereocenters. The highest BCUT2D eigenvalue weighted by atomic mass is 16.6. The van der Waals surface area contributed by atoms with E-state index < -0.39 is 4.92 Å². The van der Waals surface area contributed by atoms with E-state index >= 15 is 0 Å². The number of nitrogens with zero attached hydrogens (tertiary/aromatic N) is 3. The van der Waals surface area contributed by atoms with Crippen LogP contribution in [0.3, 0.4) is 0 Å². The first-order valence-electron chi connectivity index (χ1n) is 6.61. The maximum absolute atomic E-state index is 12.3. The van der Waals surface area contributed by atoms with E-state index in [1.165, 1.54) is 28.9 Å². The normalized spacial score (nSPS) is 11.1. The van der Waals surface area contributed by atoms with Gasteiger partial charge in [-0.05, 0) is 25.5 Å². The van der Waals surface area contributed by atoms with Gasteiger partial charge in [-0.15, -0.1) is 0 Å². The van der Waals surface area contributed by atoms with Crippen molar-refractivity contribution in [3.05, 3.63) is 56.0 Å². The van der Waals surface area contributed by atoms with E-state index in [2.05, 4.69) is 10.1 Å². The largest absolute Gasteiger partial charge is 0.295 e. The van der Waals surface area contributed by atoms with Crippen LogP contribution in [0.15, 0.2) is 34.1 Å². The van der Waals surface area contributed by atoms with Crippen LogP contribution in [0.2, 0.25) is 0 Å². The Labute approximate surface area is 121 Å². The van der Waals surface area contributed by atoms with Gasteiger partial charge in [-0.25, -0.2) is 4.68 Å². The highest BCUT2D eigenvalue weighted by Gasteiger charge is 2.11. The maximum atomic E-state index is 12.3. The Balaban J connectivity index is 2.39. The molecule has 2 aromatic rings. The molecule has 0 spiro atoms. The van der Waals surface area contributed by atoms with E-state index in [-0.39, 0.29) is 11.2 Å². The topological polar surface area (TPSA) is 93.3 Å². The van der Waals surface area contributed by atoms with Crippen molar-refractivity contribution in [2.24, 2.45) is 4.99 Å². The van der Waals surface area contributed by atoms with E-state index in [0.29, 0.717) is 23.5 Å². The summed E-state index contributed by atoms with van der Waals surface area (Å²) in [4.78, 5) is 26.6. The Morgan fingerprint density at radius 2 is 2.05 bits per heavy atom. The molecule has 0 radical (unpaired) electrons. The summed E-state index contributed by atoms with van der Waals surface area (Å²) in [5.74, 6) is 0. The van der Waals surface area contributed by atoms with Crippen molar-refractivity contribution in [2.45, 2.75) is 20.3 Å². The van der Waals surface area contributed by atoms with E-state index in [1.54, 1.807) is 13.1 Å². The Morgan fingerprint density at radius 1 is 1.38 bits per heavy atom. The number of hydrogen-bond acceptors (Lipinski definition) is 4. The molecule has 1 aromatic heterocycles. The van der Waals surface area contributed by atoms with Crippen LogP contribution in [-0.2, 0) is 0 Å². The molecule has 0 saturated heterocycles. The highest BCUT2D eigenvalue weighted by Crippen LogP contribution is 2.14. The Bertz CT molecular complexity index is 726. The van der Waals surface area contributed by atoms with Gasteiger partial charge in [0.1, 0.15) is 0 Å². The summed E-state index contributed by atoms with van der Waals surface area (Å²) < 4.78 is 1.35. The van der Waals surface area contributed by atoms with Crippen molar-refractivity contribution in [2.75, 3.05) is 6.54 Å². The number of rotatable bonds is 5. The molecule has 0 aliphatic heterocycles. The monoisotopic (exact) mass is 288 g/mol. The van der Waals surface area contributed by atoms with Gasteiger partial charge in [-0.3, -0.25) is 25.0 Å². The maximum Gasteiger partial charge on any atom is 0.280 e. The molecule has 0 bridgehead atoms. The number of aryl methyl sites for hydroxylation is 1. The molecule has 0 saturated carbocycles. The molecule has 21 heavy (non-hydrogen) atoms. The molecule has 0 atom stereocenters. The predicted octanol–water partition coefficient (Wildman–Crippen LogP) is 2.21. The van der Waals surface area contributed by atoms with Crippen molar-refractivity contribution < 1.29 is 4.92 Å². The smallest absolute Gasteiger partial charge is 0.280 e. The fourth-order valence-electron chi connectivity index (χ4n) is 1.90.